The minimum atomic E-state index is 0.650. The summed E-state index contributed by atoms with van der Waals surface area (Å²) in [5, 5.41) is 4.53. The van der Waals surface area contributed by atoms with Gasteiger partial charge in [-0.1, -0.05) is 18.2 Å². The van der Waals surface area contributed by atoms with E-state index < -0.39 is 0 Å². The van der Waals surface area contributed by atoms with Crippen molar-refractivity contribution in [2.75, 3.05) is 5.73 Å². The molecule has 1 aromatic carbocycles. The van der Waals surface area contributed by atoms with E-state index >= 15 is 0 Å². The molecule has 3 rings (SSSR count). The molecule has 0 aliphatic heterocycles. The summed E-state index contributed by atoms with van der Waals surface area (Å²) in [4.78, 5) is 0. The molecule has 0 spiro atoms. The zero-order valence-electron chi connectivity index (χ0n) is 8.43. The number of nitrogen functional groups attached to an aromatic ring is 1. The number of nitrogens with two attached hydrogens (primary N) is 1. The van der Waals surface area contributed by atoms with Crippen LogP contribution >= 0.6 is 0 Å². The highest BCUT2D eigenvalue weighted by Gasteiger charge is 2.27. The molecule has 2 N–H and O–H groups in total. The number of anilines is 1. The summed E-state index contributed by atoms with van der Waals surface area (Å²) in [5.74, 6) is 1.38. The second-order valence-corrected chi connectivity index (χ2v) is 4.02. The zero-order chi connectivity index (χ0) is 10.3. The molecule has 0 saturated heterocycles. The van der Waals surface area contributed by atoms with Crippen LogP contribution in [0.4, 0.5) is 5.82 Å². The van der Waals surface area contributed by atoms with Crippen molar-refractivity contribution in [3.05, 3.63) is 42.1 Å². The van der Waals surface area contributed by atoms with Crippen LogP contribution in [-0.2, 0) is 0 Å². The van der Waals surface area contributed by atoms with E-state index in [9.17, 15) is 0 Å². The van der Waals surface area contributed by atoms with E-state index in [2.05, 4.69) is 5.10 Å². The normalized spacial score (nSPS) is 15.5. The van der Waals surface area contributed by atoms with Gasteiger partial charge in [-0.05, 0) is 25.0 Å². The SMILES string of the molecule is Nc1cc(C2CC2)nn1-c1ccccc1. The molecule has 1 aliphatic carbocycles. The van der Waals surface area contributed by atoms with Gasteiger partial charge < -0.3 is 5.73 Å². The van der Waals surface area contributed by atoms with Crippen LogP contribution in [0.1, 0.15) is 24.5 Å². The molecular formula is C12H13N3. The molecule has 3 heteroatoms. The summed E-state index contributed by atoms with van der Waals surface area (Å²) in [7, 11) is 0. The molecule has 76 valence electrons. The van der Waals surface area contributed by atoms with Crippen LogP contribution < -0.4 is 5.73 Å². The summed E-state index contributed by atoms with van der Waals surface area (Å²) in [5.41, 5.74) is 8.10. The standard InChI is InChI=1S/C12H13N3/c13-12-8-11(9-6-7-9)14-15(12)10-4-2-1-3-5-10/h1-5,8-9H,6-7,13H2. The molecule has 15 heavy (non-hydrogen) atoms. The molecule has 1 heterocycles. The van der Waals surface area contributed by atoms with Gasteiger partial charge in [0.2, 0.25) is 0 Å². The molecule has 1 aromatic heterocycles. The Kier molecular flexibility index (Phi) is 1.78. The van der Waals surface area contributed by atoms with Crippen LogP contribution in [0.15, 0.2) is 36.4 Å². The van der Waals surface area contributed by atoms with Crippen molar-refractivity contribution in [2.45, 2.75) is 18.8 Å². The molecule has 0 unspecified atom stereocenters. The smallest absolute Gasteiger partial charge is 0.127 e. The van der Waals surface area contributed by atoms with E-state index in [0.29, 0.717) is 5.92 Å². The van der Waals surface area contributed by atoms with Crippen LogP contribution in [0.5, 0.6) is 0 Å². The molecular weight excluding hydrogens is 186 g/mol. The van der Waals surface area contributed by atoms with Gasteiger partial charge in [-0.3, -0.25) is 0 Å². The molecule has 0 bridgehead atoms. The van der Waals surface area contributed by atoms with Crippen LogP contribution in [0, 0.1) is 0 Å². The van der Waals surface area contributed by atoms with Crippen molar-refractivity contribution in [3.63, 3.8) is 0 Å². The number of rotatable bonds is 2. The Hall–Kier alpha value is -1.77. The van der Waals surface area contributed by atoms with Gasteiger partial charge in [0.05, 0.1) is 11.4 Å². The van der Waals surface area contributed by atoms with E-state index in [0.717, 1.165) is 17.2 Å². The first-order valence-electron chi connectivity index (χ1n) is 5.25. The van der Waals surface area contributed by atoms with Gasteiger partial charge in [0, 0.05) is 12.0 Å². The fourth-order valence-corrected chi connectivity index (χ4v) is 1.77. The molecule has 0 amide bonds. The van der Waals surface area contributed by atoms with E-state index in [1.165, 1.54) is 12.8 Å². The molecule has 2 aromatic rings. The second kappa shape index (κ2) is 3.12. The fourth-order valence-electron chi connectivity index (χ4n) is 1.77. The first-order valence-corrected chi connectivity index (χ1v) is 5.25. The van der Waals surface area contributed by atoms with Gasteiger partial charge in [0.15, 0.2) is 0 Å². The predicted octanol–water partition coefficient (Wildman–Crippen LogP) is 2.33. The summed E-state index contributed by atoms with van der Waals surface area (Å²) in [6, 6.07) is 12.0. The van der Waals surface area contributed by atoms with Crippen LogP contribution in [-0.4, -0.2) is 9.78 Å². The van der Waals surface area contributed by atoms with E-state index in [-0.39, 0.29) is 0 Å². The zero-order valence-corrected chi connectivity index (χ0v) is 8.43. The fraction of sp³-hybridized carbons (Fsp3) is 0.250. The van der Waals surface area contributed by atoms with E-state index in [4.69, 9.17) is 5.73 Å². The summed E-state index contributed by atoms with van der Waals surface area (Å²) < 4.78 is 1.81. The number of hydrogen-bond donors (Lipinski definition) is 1. The lowest BCUT2D eigenvalue weighted by Crippen LogP contribution is -2.01. The summed E-state index contributed by atoms with van der Waals surface area (Å²) >= 11 is 0. The van der Waals surface area contributed by atoms with Crippen LogP contribution in [0.3, 0.4) is 0 Å². The topological polar surface area (TPSA) is 43.8 Å². The summed E-state index contributed by atoms with van der Waals surface area (Å²) in [6.45, 7) is 0. The lowest BCUT2D eigenvalue weighted by atomic mass is 10.3. The Labute approximate surface area is 88.5 Å². The first-order chi connectivity index (χ1) is 7.34. The predicted molar refractivity (Wildman–Crippen MR) is 60.0 cm³/mol. The van der Waals surface area contributed by atoms with Crippen molar-refractivity contribution >= 4 is 5.82 Å². The van der Waals surface area contributed by atoms with Crippen molar-refractivity contribution in [3.8, 4) is 5.69 Å². The molecule has 1 saturated carbocycles. The molecule has 1 aliphatic rings. The molecule has 1 fully saturated rings. The van der Waals surface area contributed by atoms with Gasteiger partial charge in [0.1, 0.15) is 5.82 Å². The van der Waals surface area contributed by atoms with Crippen molar-refractivity contribution in [2.24, 2.45) is 0 Å². The monoisotopic (exact) mass is 199 g/mol. The minimum Gasteiger partial charge on any atom is -0.384 e. The number of benzene rings is 1. The van der Waals surface area contributed by atoms with Crippen molar-refractivity contribution < 1.29 is 0 Å². The highest BCUT2D eigenvalue weighted by Crippen LogP contribution is 2.40. The lowest BCUT2D eigenvalue weighted by molar-refractivity contribution is 0.845. The Morgan fingerprint density at radius 3 is 2.60 bits per heavy atom. The Bertz CT molecular complexity index is 469. The van der Waals surface area contributed by atoms with Crippen molar-refractivity contribution in [1.29, 1.82) is 0 Å². The first kappa shape index (κ1) is 8.53. The van der Waals surface area contributed by atoms with Gasteiger partial charge in [-0.25, -0.2) is 4.68 Å². The molecule has 3 nitrogen and oxygen atoms in total. The van der Waals surface area contributed by atoms with Crippen molar-refractivity contribution in [1.82, 2.24) is 9.78 Å². The largest absolute Gasteiger partial charge is 0.384 e. The molecule has 0 atom stereocenters. The maximum atomic E-state index is 5.94. The maximum absolute atomic E-state index is 5.94. The summed E-state index contributed by atoms with van der Waals surface area (Å²) in [6.07, 6.45) is 2.51. The Morgan fingerprint density at radius 1 is 1.20 bits per heavy atom. The van der Waals surface area contributed by atoms with Gasteiger partial charge in [0.25, 0.3) is 0 Å². The van der Waals surface area contributed by atoms with E-state index in [1.807, 2.05) is 41.1 Å². The van der Waals surface area contributed by atoms with Gasteiger partial charge in [-0.2, -0.15) is 5.10 Å². The quantitative estimate of drug-likeness (QED) is 0.806. The number of nitrogens with zero attached hydrogens (tertiary/aromatic N) is 2. The van der Waals surface area contributed by atoms with Crippen LogP contribution in [0.25, 0.3) is 5.69 Å². The van der Waals surface area contributed by atoms with Gasteiger partial charge in [-0.15, -0.1) is 0 Å². The maximum Gasteiger partial charge on any atom is 0.127 e. The minimum absolute atomic E-state index is 0.650. The van der Waals surface area contributed by atoms with E-state index in [1.54, 1.807) is 0 Å². The third-order valence-corrected chi connectivity index (χ3v) is 2.75. The highest BCUT2D eigenvalue weighted by atomic mass is 15.3. The number of aromatic nitrogens is 2. The average Bonchev–Trinajstić information content (AvgIpc) is 3.04. The van der Waals surface area contributed by atoms with Crippen LogP contribution in [0.2, 0.25) is 0 Å². The average molecular weight is 199 g/mol. The Morgan fingerprint density at radius 2 is 1.93 bits per heavy atom. The Balaban J connectivity index is 2.04. The molecule has 0 radical (unpaired) electrons. The lowest BCUT2D eigenvalue weighted by Gasteiger charge is -2.02. The van der Waals surface area contributed by atoms with Gasteiger partial charge >= 0.3 is 0 Å². The number of para-hydroxylation sites is 1. The number of hydrogen-bond acceptors (Lipinski definition) is 2. The highest BCUT2D eigenvalue weighted by molar-refractivity contribution is 5.43. The third kappa shape index (κ3) is 1.50. The third-order valence-electron chi connectivity index (χ3n) is 2.75. The second-order valence-electron chi connectivity index (χ2n) is 4.02.